The van der Waals surface area contributed by atoms with Crippen molar-refractivity contribution in [3.8, 4) is 0 Å². The summed E-state index contributed by atoms with van der Waals surface area (Å²) in [5, 5.41) is 3.28. The van der Waals surface area contributed by atoms with Crippen molar-refractivity contribution >= 4 is 24.8 Å². The molecule has 0 aromatic heterocycles. The predicted molar refractivity (Wildman–Crippen MR) is 117 cm³/mol. The topological polar surface area (TPSA) is 24.5 Å². The average Bonchev–Trinajstić information content (AvgIpc) is 3.10. The van der Waals surface area contributed by atoms with E-state index in [0.717, 1.165) is 49.4 Å². The minimum atomic E-state index is -4.87. The molecule has 2 aromatic rings. The Morgan fingerprint density at radius 3 is 2.03 bits per heavy atom. The summed E-state index contributed by atoms with van der Waals surface area (Å²) in [5.41, 5.74) is -0.591. The van der Waals surface area contributed by atoms with E-state index in [1.807, 2.05) is 24.3 Å². The first-order valence-corrected chi connectivity index (χ1v) is 10.1. The molecule has 184 valence electrons. The molecule has 0 spiro atoms. The number of rotatable bonds is 4. The molecule has 2 atom stereocenters. The molecule has 33 heavy (non-hydrogen) atoms. The Bertz CT molecular complexity index is 900. The second-order valence-corrected chi connectivity index (χ2v) is 7.90. The number of hydrogen-bond donors (Lipinski definition) is 1. The number of alkyl halides is 6. The van der Waals surface area contributed by atoms with Gasteiger partial charge < -0.3 is 10.1 Å². The van der Waals surface area contributed by atoms with E-state index in [-0.39, 0.29) is 55.2 Å². The van der Waals surface area contributed by atoms with Gasteiger partial charge >= 0.3 is 12.4 Å². The first-order valence-electron chi connectivity index (χ1n) is 10.1. The van der Waals surface area contributed by atoms with Crippen molar-refractivity contribution < 1.29 is 31.1 Å². The first kappa shape index (κ1) is 27.7. The maximum atomic E-state index is 13.1. The predicted octanol–water partition coefficient (Wildman–Crippen LogP) is 5.66. The summed E-state index contributed by atoms with van der Waals surface area (Å²) in [6, 6.07) is 9.37. The summed E-state index contributed by atoms with van der Waals surface area (Å²) in [6.07, 6.45) is -9.53. The largest absolute Gasteiger partial charge is 0.416 e. The molecule has 1 aliphatic heterocycles. The van der Waals surface area contributed by atoms with Crippen molar-refractivity contribution in [3.63, 3.8) is 0 Å². The average molecular weight is 517 g/mol. The smallest absolute Gasteiger partial charge is 0.371 e. The van der Waals surface area contributed by atoms with E-state index in [1.165, 1.54) is 0 Å². The summed E-state index contributed by atoms with van der Waals surface area (Å²) in [7, 11) is 0. The molecule has 0 bridgehead atoms. The molecular formula is C22H24Cl2F6N2O. The SMILES string of the molecule is Cl.Cl.FC(F)(F)c1cc(CO[C@@H]2Cc3ccccc3[C@H]2N2CCNCC2)cc(C(F)(F)F)c1. The fourth-order valence-electron chi connectivity index (χ4n) is 4.39. The molecule has 4 rings (SSSR count). The Hall–Kier alpha value is -1.52. The number of fused-ring (bicyclic) bond motifs is 1. The van der Waals surface area contributed by atoms with E-state index >= 15 is 0 Å². The molecule has 3 nitrogen and oxygen atoms in total. The molecule has 0 unspecified atom stereocenters. The number of nitrogens with one attached hydrogen (secondary N) is 1. The van der Waals surface area contributed by atoms with Crippen LogP contribution in [0, 0.1) is 0 Å². The molecule has 0 saturated carbocycles. The van der Waals surface area contributed by atoms with E-state index in [4.69, 9.17) is 4.74 Å². The van der Waals surface area contributed by atoms with Crippen molar-refractivity contribution in [1.29, 1.82) is 0 Å². The Morgan fingerprint density at radius 1 is 0.879 bits per heavy atom. The minimum absolute atomic E-state index is 0. The highest BCUT2D eigenvalue weighted by Gasteiger charge is 2.39. The molecule has 0 amide bonds. The van der Waals surface area contributed by atoms with Crippen LogP contribution in [0.25, 0.3) is 0 Å². The molecule has 11 heteroatoms. The van der Waals surface area contributed by atoms with Crippen LogP contribution in [0.4, 0.5) is 26.3 Å². The number of hydrogen-bond acceptors (Lipinski definition) is 3. The van der Waals surface area contributed by atoms with Crippen LogP contribution < -0.4 is 5.32 Å². The number of ether oxygens (including phenoxy) is 1. The lowest BCUT2D eigenvalue weighted by Gasteiger charge is -2.36. The van der Waals surface area contributed by atoms with E-state index in [0.29, 0.717) is 6.42 Å². The maximum absolute atomic E-state index is 13.1. The molecule has 2 aliphatic rings. The zero-order valence-corrected chi connectivity index (χ0v) is 19.0. The molecule has 0 radical (unpaired) electrons. The van der Waals surface area contributed by atoms with E-state index in [1.54, 1.807) is 0 Å². The summed E-state index contributed by atoms with van der Waals surface area (Å²) in [4.78, 5) is 2.26. The normalized spacial score (nSPS) is 21.2. The van der Waals surface area contributed by atoms with Gasteiger partial charge in [0, 0.05) is 32.6 Å². The van der Waals surface area contributed by atoms with Crippen molar-refractivity contribution in [1.82, 2.24) is 10.2 Å². The van der Waals surface area contributed by atoms with Gasteiger partial charge in [-0.1, -0.05) is 24.3 Å². The molecular weight excluding hydrogens is 493 g/mol. The lowest BCUT2D eigenvalue weighted by atomic mass is 10.0. The van der Waals surface area contributed by atoms with E-state index < -0.39 is 23.5 Å². The molecule has 1 saturated heterocycles. The van der Waals surface area contributed by atoms with Crippen LogP contribution >= 0.6 is 24.8 Å². The van der Waals surface area contributed by atoms with Gasteiger partial charge in [0.25, 0.3) is 0 Å². The third kappa shape index (κ3) is 6.33. The lowest BCUT2D eigenvalue weighted by Crippen LogP contribution is -2.47. The van der Waals surface area contributed by atoms with Crippen LogP contribution in [0.5, 0.6) is 0 Å². The molecule has 1 aliphatic carbocycles. The van der Waals surface area contributed by atoms with Crippen LogP contribution in [0.1, 0.15) is 33.9 Å². The molecule has 1 heterocycles. The van der Waals surface area contributed by atoms with Gasteiger partial charge in [-0.15, -0.1) is 24.8 Å². The molecule has 1 N–H and O–H groups in total. The third-order valence-electron chi connectivity index (χ3n) is 5.80. The zero-order valence-electron chi connectivity index (χ0n) is 17.4. The first-order chi connectivity index (χ1) is 14.6. The van der Waals surface area contributed by atoms with Gasteiger partial charge in [-0.05, 0) is 34.9 Å². The Kier molecular flexibility index (Phi) is 9.09. The van der Waals surface area contributed by atoms with Gasteiger partial charge in [0.05, 0.1) is 29.9 Å². The third-order valence-corrected chi connectivity index (χ3v) is 5.80. The van der Waals surface area contributed by atoms with Crippen LogP contribution in [0.15, 0.2) is 42.5 Å². The second kappa shape index (κ2) is 10.8. The van der Waals surface area contributed by atoms with Crippen molar-refractivity contribution in [2.24, 2.45) is 0 Å². The Labute approximate surface area is 200 Å². The quantitative estimate of drug-likeness (QED) is 0.531. The fraction of sp³-hybridized carbons (Fsp3) is 0.455. The highest BCUT2D eigenvalue weighted by atomic mass is 35.5. The van der Waals surface area contributed by atoms with Crippen LogP contribution in [-0.2, 0) is 30.1 Å². The molecule has 2 aromatic carbocycles. The Balaban J connectivity index is 0.00000193. The standard InChI is InChI=1S/C22H22F6N2O.2ClH/c23-21(24,25)16-9-14(10-17(12-16)22(26,27)28)13-31-19-11-15-3-1-2-4-18(15)20(19)30-7-5-29-6-8-30;;/h1-4,9-10,12,19-20,29H,5-8,11,13H2;2*1H/t19-,20-;;/m1../s1. The minimum Gasteiger partial charge on any atom is -0.371 e. The van der Waals surface area contributed by atoms with E-state index in [2.05, 4.69) is 10.2 Å². The maximum Gasteiger partial charge on any atom is 0.416 e. The monoisotopic (exact) mass is 516 g/mol. The Morgan fingerprint density at radius 2 is 1.45 bits per heavy atom. The summed E-state index contributed by atoms with van der Waals surface area (Å²) in [5.74, 6) is 0. The van der Waals surface area contributed by atoms with Gasteiger partial charge in [-0.2, -0.15) is 26.3 Å². The number of benzene rings is 2. The highest BCUT2D eigenvalue weighted by molar-refractivity contribution is 5.85. The van der Waals surface area contributed by atoms with Crippen LogP contribution in [0.3, 0.4) is 0 Å². The van der Waals surface area contributed by atoms with Gasteiger partial charge in [0.2, 0.25) is 0 Å². The fourth-order valence-corrected chi connectivity index (χ4v) is 4.39. The lowest BCUT2D eigenvalue weighted by molar-refractivity contribution is -0.143. The zero-order chi connectivity index (χ0) is 22.2. The van der Waals surface area contributed by atoms with Gasteiger partial charge in [0.1, 0.15) is 0 Å². The second-order valence-electron chi connectivity index (χ2n) is 7.90. The van der Waals surface area contributed by atoms with Crippen molar-refractivity contribution in [2.45, 2.75) is 37.5 Å². The van der Waals surface area contributed by atoms with Crippen LogP contribution in [0.2, 0.25) is 0 Å². The highest BCUT2D eigenvalue weighted by Crippen LogP contribution is 2.39. The number of piperazine rings is 1. The summed E-state index contributed by atoms with van der Waals surface area (Å²) in [6.45, 7) is 2.89. The van der Waals surface area contributed by atoms with E-state index in [9.17, 15) is 26.3 Å². The van der Waals surface area contributed by atoms with Gasteiger partial charge in [0.15, 0.2) is 0 Å². The summed E-state index contributed by atoms with van der Waals surface area (Å²) < 4.78 is 84.8. The van der Waals surface area contributed by atoms with Crippen molar-refractivity contribution in [3.05, 3.63) is 70.3 Å². The number of nitrogens with zero attached hydrogens (tertiary/aromatic N) is 1. The van der Waals surface area contributed by atoms with Gasteiger partial charge in [-0.3, -0.25) is 4.90 Å². The number of halogens is 8. The summed E-state index contributed by atoms with van der Waals surface area (Å²) >= 11 is 0. The van der Waals surface area contributed by atoms with Crippen LogP contribution in [-0.4, -0.2) is 37.2 Å². The van der Waals surface area contributed by atoms with Crippen molar-refractivity contribution in [2.75, 3.05) is 26.2 Å². The van der Waals surface area contributed by atoms with Gasteiger partial charge in [-0.25, -0.2) is 0 Å². The molecule has 1 fully saturated rings.